The maximum atomic E-state index is 3.85. The maximum absolute atomic E-state index is 3.85. The van der Waals surface area contributed by atoms with Crippen LogP contribution in [0.3, 0.4) is 0 Å². The van der Waals surface area contributed by atoms with Crippen molar-refractivity contribution in [3.8, 4) is 22.3 Å². The molecule has 0 radical (unpaired) electrons. The molecule has 7 aromatic carbocycles. The summed E-state index contributed by atoms with van der Waals surface area (Å²) in [6, 6.07) is 53.5. The first kappa shape index (κ1) is 21.8. The maximum Gasteiger partial charge on any atom is 0.0726 e. The number of nitrogens with one attached hydrogen (secondary N) is 1. The van der Waals surface area contributed by atoms with E-state index in [1.165, 1.54) is 66.1 Å². The van der Waals surface area contributed by atoms with E-state index in [-0.39, 0.29) is 5.41 Å². The van der Waals surface area contributed by atoms with Gasteiger partial charge in [0.15, 0.2) is 0 Å². The van der Waals surface area contributed by atoms with Crippen molar-refractivity contribution in [2.24, 2.45) is 0 Å². The summed E-state index contributed by atoms with van der Waals surface area (Å²) in [6.45, 7) is 0. The van der Waals surface area contributed by atoms with Crippen molar-refractivity contribution in [3.05, 3.63) is 168 Å². The summed E-state index contributed by atoms with van der Waals surface area (Å²) in [5, 5.41) is 8.88. The second kappa shape index (κ2) is 7.94. The molecule has 0 atom stereocenters. The van der Waals surface area contributed by atoms with Crippen molar-refractivity contribution < 1.29 is 0 Å². The molecule has 0 saturated carbocycles. The highest BCUT2D eigenvalue weighted by molar-refractivity contribution is 6.13. The number of rotatable bonds is 2. The summed E-state index contributed by atoms with van der Waals surface area (Å²) >= 11 is 0. The van der Waals surface area contributed by atoms with Crippen LogP contribution in [0.25, 0.3) is 43.8 Å². The molecular weight excluding hydrogens is 482 g/mol. The van der Waals surface area contributed by atoms with E-state index in [0.717, 1.165) is 11.4 Å². The standard InChI is InChI=1S/C39H25N/c1-2-12-27-25(11-1)23-38(33-17-4-3-13-28(27)33)40-26-21-22-32-31-16-7-10-20-36(31)39(37(32)24-26)34-18-8-5-14-29(34)30-15-6-9-19-35(30)39/h1-24,40H. The highest BCUT2D eigenvalue weighted by Gasteiger charge is 2.51. The van der Waals surface area contributed by atoms with Crippen LogP contribution >= 0.6 is 0 Å². The average Bonchev–Trinajstić information content (AvgIpc) is 3.48. The number of hydrogen-bond donors (Lipinski definition) is 1. The molecule has 7 aromatic rings. The van der Waals surface area contributed by atoms with E-state index in [1.807, 2.05) is 0 Å². The third kappa shape index (κ3) is 2.71. The van der Waals surface area contributed by atoms with E-state index in [9.17, 15) is 0 Å². The lowest BCUT2D eigenvalue weighted by molar-refractivity contribution is 0.794. The van der Waals surface area contributed by atoms with Gasteiger partial charge in [0, 0.05) is 16.8 Å². The molecule has 1 N–H and O–H groups in total. The first-order valence-electron chi connectivity index (χ1n) is 14.0. The molecule has 9 rings (SSSR count). The molecule has 1 heteroatoms. The fourth-order valence-corrected chi connectivity index (χ4v) is 7.49. The summed E-state index contributed by atoms with van der Waals surface area (Å²) in [5.74, 6) is 0. The van der Waals surface area contributed by atoms with E-state index in [4.69, 9.17) is 0 Å². The molecule has 0 saturated heterocycles. The molecule has 0 fully saturated rings. The van der Waals surface area contributed by atoms with Gasteiger partial charge in [-0.15, -0.1) is 0 Å². The molecule has 186 valence electrons. The Bertz CT molecular complexity index is 2090. The van der Waals surface area contributed by atoms with Gasteiger partial charge in [0.1, 0.15) is 0 Å². The highest BCUT2D eigenvalue weighted by Crippen LogP contribution is 2.62. The Morgan fingerprint density at radius 2 is 0.875 bits per heavy atom. The molecule has 0 aromatic heterocycles. The zero-order chi connectivity index (χ0) is 26.3. The van der Waals surface area contributed by atoms with Gasteiger partial charge < -0.3 is 5.32 Å². The smallest absolute Gasteiger partial charge is 0.0726 e. The Labute approximate surface area is 233 Å². The Morgan fingerprint density at radius 1 is 0.375 bits per heavy atom. The van der Waals surface area contributed by atoms with Crippen molar-refractivity contribution in [2.75, 3.05) is 5.32 Å². The summed E-state index contributed by atoms with van der Waals surface area (Å²) in [7, 11) is 0. The monoisotopic (exact) mass is 507 g/mol. The lowest BCUT2D eigenvalue weighted by atomic mass is 9.70. The predicted octanol–water partition coefficient (Wildman–Crippen LogP) is 10.1. The van der Waals surface area contributed by atoms with Crippen molar-refractivity contribution in [1.82, 2.24) is 0 Å². The lowest BCUT2D eigenvalue weighted by Crippen LogP contribution is -2.25. The Morgan fingerprint density at radius 3 is 1.52 bits per heavy atom. The zero-order valence-corrected chi connectivity index (χ0v) is 21.9. The molecule has 1 spiro atoms. The fourth-order valence-electron chi connectivity index (χ4n) is 7.49. The Hall–Kier alpha value is -5.14. The third-order valence-corrected chi connectivity index (χ3v) is 9.04. The van der Waals surface area contributed by atoms with Gasteiger partial charge in [0.2, 0.25) is 0 Å². The molecule has 0 heterocycles. The summed E-state index contributed by atoms with van der Waals surface area (Å²) < 4.78 is 0. The molecule has 2 aliphatic carbocycles. The van der Waals surface area contributed by atoms with Crippen LogP contribution in [0.5, 0.6) is 0 Å². The number of anilines is 2. The molecule has 0 amide bonds. The van der Waals surface area contributed by atoms with Crippen LogP contribution in [-0.4, -0.2) is 0 Å². The summed E-state index contributed by atoms with van der Waals surface area (Å²) in [5.41, 5.74) is 12.7. The topological polar surface area (TPSA) is 12.0 Å². The normalized spacial score (nSPS) is 13.7. The summed E-state index contributed by atoms with van der Waals surface area (Å²) in [4.78, 5) is 0. The largest absolute Gasteiger partial charge is 0.355 e. The van der Waals surface area contributed by atoms with E-state index < -0.39 is 0 Å². The molecule has 40 heavy (non-hydrogen) atoms. The molecular formula is C39H25N. The number of fused-ring (bicyclic) bond motifs is 13. The summed E-state index contributed by atoms with van der Waals surface area (Å²) in [6.07, 6.45) is 0. The van der Waals surface area contributed by atoms with Gasteiger partial charge >= 0.3 is 0 Å². The van der Waals surface area contributed by atoms with Gasteiger partial charge in [-0.25, -0.2) is 0 Å². The minimum Gasteiger partial charge on any atom is -0.355 e. The molecule has 1 nitrogen and oxygen atoms in total. The van der Waals surface area contributed by atoms with Crippen LogP contribution in [0.15, 0.2) is 146 Å². The first-order chi connectivity index (χ1) is 19.8. The van der Waals surface area contributed by atoms with Crippen LogP contribution in [-0.2, 0) is 5.41 Å². The lowest BCUT2D eigenvalue weighted by Gasteiger charge is -2.30. The van der Waals surface area contributed by atoms with E-state index in [0.29, 0.717) is 0 Å². The van der Waals surface area contributed by atoms with Gasteiger partial charge in [-0.05, 0) is 78.9 Å². The second-order valence-electron chi connectivity index (χ2n) is 11.0. The fraction of sp³-hybridized carbons (Fsp3) is 0.0256. The van der Waals surface area contributed by atoms with Crippen LogP contribution < -0.4 is 5.32 Å². The minimum atomic E-state index is -0.331. The highest BCUT2D eigenvalue weighted by atomic mass is 14.9. The quantitative estimate of drug-likeness (QED) is 0.230. The minimum absolute atomic E-state index is 0.331. The molecule has 0 unspecified atom stereocenters. The predicted molar refractivity (Wildman–Crippen MR) is 167 cm³/mol. The number of benzene rings is 7. The Balaban J connectivity index is 1.30. The van der Waals surface area contributed by atoms with E-state index >= 15 is 0 Å². The SMILES string of the molecule is c1ccc2c(c1)-c1ccccc1C21c2ccccc2-c2ccc(Nc3cc4ccccc4c4ccccc34)cc21. The van der Waals surface area contributed by atoms with Crippen LogP contribution in [0.1, 0.15) is 22.3 Å². The van der Waals surface area contributed by atoms with E-state index in [1.54, 1.807) is 0 Å². The average molecular weight is 508 g/mol. The molecule has 0 bridgehead atoms. The second-order valence-corrected chi connectivity index (χ2v) is 11.0. The van der Waals surface area contributed by atoms with Crippen molar-refractivity contribution in [2.45, 2.75) is 5.41 Å². The van der Waals surface area contributed by atoms with Gasteiger partial charge in [0.05, 0.1) is 5.41 Å². The van der Waals surface area contributed by atoms with Gasteiger partial charge in [-0.1, -0.05) is 127 Å². The number of hydrogen-bond acceptors (Lipinski definition) is 1. The van der Waals surface area contributed by atoms with Gasteiger partial charge in [0.25, 0.3) is 0 Å². The van der Waals surface area contributed by atoms with Gasteiger partial charge in [-0.3, -0.25) is 0 Å². The third-order valence-electron chi connectivity index (χ3n) is 9.04. The zero-order valence-electron chi connectivity index (χ0n) is 21.9. The van der Waals surface area contributed by atoms with Crippen LogP contribution in [0.4, 0.5) is 11.4 Å². The van der Waals surface area contributed by atoms with Crippen LogP contribution in [0, 0.1) is 0 Å². The van der Waals surface area contributed by atoms with Crippen molar-refractivity contribution in [1.29, 1.82) is 0 Å². The molecule has 2 aliphatic rings. The van der Waals surface area contributed by atoms with E-state index in [2.05, 4.69) is 151 Å². The first-order valence-corrected chi connectivity index (χ1v) is 14.0. The molecule has 0 aliphatic heterocycles. The van der Waals surface area contributed by atoms with Crippen molar-refractivity contribution in [3.63, 3.8) is 0 Å². The Kier molecular flexibility index (Phi) is 4.32. The van der Waals surface area contributed by atoms with Crippen LogP contribution in [0.2, 0.25) is 0 Å². The van der Waals surface area contributed by atoms with Crippen molar-refractivity contribution >= 4 is 32.9 Å². The van der Waals surface area contributed by atoms with Gasteiger partial charge in [-0.2, -0.15) is 0 Å².